The first-order valence-corrected chi connectivity index (χ1v) is 23.1. The SMILES string of the molecule is CC(C)(C)[Si](OCC1=C([C@H](O)CC/C(=C/c2cccc(O)c2)c2ccccc2)[C@H](CO)[C@@H]2C(=O)N(c3cc(C(F)(F)F)cc(C(F)(F)F)c3)C(=O)[C@@H]2C1)(c1ccccc1)c1ccccc1. The number of carbonyl (C=O) groups is 2. The van der Waals surface area contributed by atoms with E-state index >= 15 is 0 Å². The van der Waals surface area contributed by atoms with Gasteiger partial charge in [0.15, 0.2) is 0 Å². The van der Waals surface area contributed by atoms with Crippen LogP contribution in [0.25, 0.3) is 11.6 Å². The van der Waals surface area contributed by atoms with Crippen LogP contribution in [0, 0.1) is 17.8 Å². The second-order valence-electron chi connectivity index (χ2n) is 17.6. The lowest BCUT2D eigenvalue weighted by molar-refractivity contribution is -0.143. The van der Waals surface area contributed by atoms with E-state index in [9.17, 15) is 51.3 Å². The number of halogens is 6. The topological polar surface area (TPSA) is 107 Å². The second kappa shape index (κ2) is 18.6. The molecule has 340 valence electrons. The third kappa shape index (κ3) is 9.62. The Bertz CT molecular complexity index is 2500. The molecule has 2 amide bonds. The molecule has 1 saturated heterocycles. The van der Waals surface area contributed by atoms with Gasteiger partial charge in [-0.25, -0.2) is 4.90 Å². The summed E-state index contributed by atoms with van der Waals surface area (Å²) in [5.74, 6) is -6.09. The number of hydrogen-bond donors (Lipinski definition) is 3. The number of hydrogen-bond acceptors (Lipinski definition) is 6. The van der Waals surface area contributed by atoms with Gasteiger partial charge in [-0.3, -0.25) is 9.59 Å². The average Bonchev–Trinajstić information content (AvgIpc) is 3.52. The fourth-order valence-electron chi connectivity index (χ4n) is 9.59. The number of amides is 2. The van der Waals surface area contributed by atoms with Crippen molar-refractivity contribution < 1.29 is 55.7 Å². The number of benzene rings is 5. The van der Waals surface area contributed by atoms with Crippen LogP contribution in [0.3, 0.4) is 0 Å². The number of alkyl halides is 6. The van der Waals surface area contributed by atoms with Crippen LogP contribution in [0.4, 0.5) is 32.0 Å². The van der Waals surface area contributed by atoms with Gasteiger partial charge >= 0.3 is 12.4 Å². The van der Waals surface area contributed by atoms with E-state index in [-0.39, 0.29) is 43.3 Å². The lowest BCUT2D eigenvalue weighted by Crippen LogP contribution is -2.66. The number of aliphatic hydroxyl groups is 2. The number of rotatable bonds is 13. The molecule has 1 aliphatic heterocycles. The van der Waals surface area contributed by atoms with E-state index in [4.69, 9.17) is 4.43 Å². The van der Waals surface area contributed by atoms with Crippen molar-refractivity contribution in [3.05, 3.63) is 167 Å². The van der Waals surface area contributed by atoms with Crippen LogP contribution in [0.1, 0.15) is 62.3 Å². The maximum Gasteiger partial charge on any atom is 0.416 e. The highest BCUT2D eigenvalue weighted by Crippen LogP contribution is 2.49. The number of imide groups is 1. The minimum Gasteiger partial charge on any atom is -0.508 e. The molecule has 0 bridgehead atoms. The number of aromatic hydroxyl groups is 1. The minimum atomic E-state index is -5.25. The van der Waals surface area contributed by atoms with Gasteiger partial charge in [0, 0.05) is 5.92 Å². The van der Waals surface area contributed by atoms with Crippen molar-refractivity contribution >= 4 is 47.8 Å². The fraction of sp³-hybridized carbons (Fsp3) is 0.294. The number of allylic oxidation sites excluding steroid dienone is 1. The van der Waals surface area contributed by atoms with Crippen molar-refractivity contribution in [2.24, 2.45) is 17.8 Å². The van der Waals surface area contributed by atoms with Gasteiger partial charge in [0.2, 0.25) is 11.8 Å². The number of phenols is 1. The van der Waals surface area contributed by atoms with Crippen LogP contribution in [-0.2, 0) is 26.4 Å². The van der Waals surface area contributed by atoms with Crippen LogP contribution < -0.4 is 15.3 Å². The van der Waals surface area contributed by atoms with Gasteiger partial charge in [0.1, 0.15) is 5.75 Å². The average molecular weight is 914 g/mol. The Morgan fingerprint density at radius 3 is 1.83 bits per heavy atom. The number of phenolic OH excluding ortho intramolecular Hbond substituents is 1. The summed E-state index contributed by atoms with van der Waals surface area (Å²) < 4.78 is 91.6. The van der Waals surface area contributed by atoms with E-state index in [1.165, 1.54) is 6.07 Å². The first kappa shape index (κ1) is 47.2. The van der Waals surface area contributed by atoms with Crippen molar-refractivity contribution in [3.8, 4) is 5.75 Å². The van der Waals surface area contributed by atoms with Gasteiger partial charge in [0.25, 0.3) is 8.32 Å². The van der Waals surface area contributed by atoms with Crippen LogP contribution in [-0.4, -0.2) is 54.8 Å². The fourth-order valence-corrected chi connectivity index (χ4v) is 14.1. The third-order valence-electron chi connectivity index (χ3n) is 12.5. The molecule has 5 aromatic rings. The van der Waals surface area contributed by atoms with E-state index in [1.807, 2.05) is 103 Å². The Balaban J connectivity index is 1.34. The molecule has 0 radical (unpaired) electrons. The molecule has 7 nitrogen and oxygen atoms in total. The largest absolute Gasteiger partial charge is 0.508 e. The number of fused-ring (bicyclic) bond motifs is 1. The van der Waals surface area contributed by atoms with Gasteiger partial charge < -0.3 is 19.7 Å². The van der Waals surface area contributed by atoms with Crippen LogP contribution in [0.15, 0.2) is 145 Å². The maximum absolute atomic E-state index is 14.5. The lowest BCUT2D eigenvalue weighted by atomic mass is 9.68. The van der Waals surface area contributed by atoms with E-state index in [0.29, 0.717) is 28.2 Å². The predicted molar refractivity (Wildman–Crippen MR) is 239 cm³/mol. The summed E-state index contributed by atoms with van der Waals surface area (Å²) in [4.78, 5) is 29.3. The zero-order chi connectivity index (χ0) is 46.9. The maximum atomic E-state index is 14.5. The Morgan fingerprint density at radius 1 is 0.769 bits per heavy atom. The third-order valence-corrected chi connectivity index (χ3v) is 17.5. The zero-order valence-corrected chi connectivity index (χ0v) is 36.9. The number of nitrogens with zero attached hydrogens (tertiary/aromatic N) is 1. The Labute approximate surface area is 374 Å². The van der Waals surface area contributed by atoms with Crippen LogP contribution >= 0.6 is 0 Å². The zero-order valence-electron chi connectivity index (χ0n) is 35.9. The van der Waals surface area contributed by atoms with E-state index < -0.39 is 84.8 Å². The predicted octanol–water partition coefficient (Wildman–Crippen LogP) is 9.80. The van der Waals surface area contributed by atoms with Crippen LogP contribution in [0.5, 0.6) is 5.75 Å². The molecule has 3 N–H and O–H groups in total. The van der Waals surface area contributed by atoms with Crippen molar-refractivity contribution in [1.29, 1.82) is 0 Å². The molecular formula is C51H49F6NO6Si. The monoisotopic (exact) mass is 913 g/mol. The summed E-state index contributed by atoms with van der Waals surface area (Å²) in [6.07, 6.45) is -9.97. The highest BCUT2D eigenvalue weighted by molar-refractivity contribution is 6.99. The second-order valence-corrected chi connectivity index (χ2v) is 21.9. The first-order valence-electron chi connectivity index (χ1n) is 21.2. The number of carbonyl (C=O) groups excluding carboxylic acids is 2. The summed E-state index contributed by atoms with van der Waals surface area (Å²) in [5.41, 5.74) is -1.39. The van der Waals surface area contributed by atoms with E-state index in [2.05, 4.69) is 20.8 Å². The van der Waals surface area contributed by atoms with E-state index in [0.717, 1.165) is 21.5 Å². The smallest absolute Gasteiger partial charge is 0.416 e. The summed E-state index contributed by atoms with van der Waals surface area (Å²) in [7, 11) is -3.32. The highest BCUT2D eigenvalue weighted by atomic mass is 28.4. The summed E-state index contributed by atoms with van der Waals surface area (Å²) in [6.45, 7) is 5.20. The molecule has 1 fully saturated rings. The van der Waals surface area contributed by atoms with Crippen molar-refractivity contribution in [3.63, 3.8) is 0 Å². The molecule has 14 heteroatoms. The minimum absolute atomic E-state index is 0.0277. The van der Waals surface area contributed by atoms with Crippen molar-refractivity contribution in [2.45, 2.75) is 63.5 Å². The quantitative estimate of drug-likeness (QED) is 0.0357. The molecule has 0 aromatic heterocycles. The Kier molecular flexibility index (Phi) is 13.5. The van der Waals surface area contributed by atoms with Crippen molar-refractivity contribution in [1.82, 2.24) is 0 Å². The summed E-state index contributed by atoms with van der Waals surface area (Å²) in [6, 6.07) is 35.9. The standard InChI is InChI=1S/C51H49F6NO6Si/c1-49(2,3)65(40-18-9-5-10-19-40,41-20-11-6-12-21-41)64-31-35-26-42-46(48(63)58(47(42)62)38-28-36(50(52,53)54)27-37(29-38)51(55,56)57)43(30-59)45(35)44(61)23-22-34(33-15-7-4-8-16-33)24-32-14-13-17-39(60)25-32/h4-21,24-25,27-29,42-44,46,59-61H,22-23,26,30-31H2,1-3H3/b34-24-/t42-,43+,44-,46-/m1/s1. The molecule has 1 aliphatic carbocycles. The van der Waals surface area contributed by atoms with Crippen molar-refractivity contribution in [2.75, 3.05) is 18.1 Å². The molecule has 4 atom stereocenters. The number of aliphatic hydroxyl groups excluding tert-OH is 2. The molecular weight excluding hydrogens is 865 g/mol. The first-order chi connectivity index (χ1) is 30.7. The van der Waals surface area contributed by atoms with Gasteiger partial charge in [-0.1, -0.05) is 130 Å². The molecule has 0 unspecified atom stereocenters. The summed E-state index contributed by atoms with van der Waals surface area (Å²) in [5, 5.41) is 35.2. The lowest BCUT2D eigenvalue weighted by Gasteiger charge is -2.44. The molecule has 1 heterocycles. The van der Waals surface area contributed by atoms with Gasteiger partial charge in [0.05, 0.1) is 48.0 Å². The molecule has 5 aromatic carbocycles. The number of anilines is 1. The molecule has 0 saturated carbocycles. The van der Waals surface area contributed by atoms with Gasteiger partial charge in [-0.2, -0.15) is 26.3 Å². The Morgan fingerprint density at radius 2 is 1.32 bits per heavy atom. The molecule has 7 rings (SSSR count). The van der Waals surface area contributed by atoms with Gasteiger partial charge in [-0.15, -0.1) is 0 Å². The molecule has 65 heavy (non-hydrogen) atoms. The molecule has 0 spiro atoms. The molecule has 2 aliphatic rings. The highest BCUT2D eigenvalue weighted by Gasteiger charge is 2.57. The normalized spacial score (nSPS) is 19.2. The Hall–Kier alpha value is -5.80. The van der Waals surface area contributed by atoms with Crippen LogP contribution in [0.2, 0.25) is 5.04 Å². The van der Waals surface area contributed by atoms with E-state index in [1.54, 1.807) is 12.1 Å². The summed E-state index contributed by atoms with van der Waals surface area (Å²) >= 11 is 0. The van der Waals surface area contributed by atoms with Gasteiger partial charge in [-0.05, 0) is 92.9 Å².